The zero-order valence-electron chi connectivity index (χ0n) is 12.5. The van der Waals surface area contributed by atoms with Gasteiger partial charge < -0.3 is 14.7 Å². The lowest BCUT2D eigenvalue weighted by molar-refractivity contribution is 0.643. The van der Waals surface area contributed by atoms with Crippen molar-refractivity contribution >= 4 is 28.1 Å². The predicted molar refractivity (Wildman–Crippen MR) is 85.4 cm³/mol. The van der Waals surface area contributed by atoms with Crippen LogP contribution in [0.15, 0.2) is 12.4 Å². The monoisotopic (exact) mass is 305 g/mol. The average molecular weight is 305 g/mol. The Kier molecular flexibility index (Phi) is 3.87. The molecule has 21 heavy (non-hydrogen) atoms. The van der Waals surface area contributed by atoms with Gasteiger partial charge in [0, 0.05) is 46.3 Å². The Hall–Kier alpha value is -1.96. The van der Waals surface area contributed by atoms with Gasteiger partial charge in [-0.3, -0.25) is 0 Å². The SMILES string of the molecule is Cc1nnc(N2CCN(c3cc(N(C)C)ncn3)CC2)s1. The summed E-state index contributed by atoms with van der Waals surface area (Å²) < 4.78 is 0. The second kappa shape index (κ2) is 5.80. The minimum atomic E-state index is 0.933. The molecule has 1 fully saturated rings. The maximum Gasteiger partial charge on any atom is 0.208 e. The van der Waals surface area contributed by atoms with Crippen LogP contribution in [0, 0.1) is 6.92 Å². The summed E-state index contributed by atoms with van der Waals surface area (Å²) in [5, 5.41) is 10.3. The van der Waals surface area contributed by atoms with E-state index < -0.39 is 0 Å². The summed E-state index contributed by atoms with van der Waals surface area (Å²) in [6.07, 6.45) is 1.63. The summed E-state index contributed by atoms with van der Waals surface area (Å²) >= 11 is 1.65. The summed E-state index contributed by atoms with van der Waals surface area (Å²) in [4.78, 5) is 15.2. The second-order valence-electron chi connectivity index (χ2n) is 5.21. The molecule has 0 aliphatic carbocycles. The Morgan fingerprint density at radius 3 is 2.38 bits per heavy atom. The van der Waals surface area contributed by atoms with E-state index in [4.69, 9.17) is 0 Å². The van der Waals surface area contributed by atoms with Crippen molar-refractivity contribution in [2.75, 3.05) is 55.0 Å². The van der Waals surface area contributed by atoms with Crippen molar-refractivity contribution in [3.63, 3.8) is 0 Å². The Labute approximate surface area is 128 Å². The molecule has 0 radical (unpaired) electrons. The number of hydrogen-bond donors (Lipinski definition) is 0. The number of aryl methyl sites for hydroxylation is 1. The van der Waals surface area contributed by atoms with Crippen molar-refractivity contribution in [1.82, 2.24) is 20.2 Å². The lowest BCUT2D eigenvalue weighted by atomic mass is 10.3. The van der Waals surface area contributed by atoms with Crippen molar-refractivity contribution in [1.29, 1.82) is 0 Å². The molecule has 0 saturated carbocycles. The summed E-state index contributed by atoms with van der Waals surface area (Å²) in [6.45, 7) is 5.73. The van der Waals surface area contributed by atoms with Crippen LogP contribution in [0.5, 0.6) is 0 Å². The van der Waals surface area contributed by atoms with Gasteiger partial charge in [-0.1, -0.05) is 11.3 Å². The third kappa shape index (κ3) is 3.05. The highest BCUT2D eigenvalue weighted by molar-refractivity contribution is 7.15. The van der Waals surface area contributed by atoms with Crippen molar-refractivity contribution in [2.45, 2.75) is 6.92 Å². The molecule has 3 rings (SSSR count). The molecule has 0 atom stereocenters. The summed E-state index contributed by atoms with van der Waals surface area (Å²) in [5.41, 5.74) is 0. The second-order valence-corrected chi connectivity index (χ2v) is 6.37. The third-order valence-electron chi connectivity index (χ3n) is 3.49. The van der Waals surface area contributed by atoms with E-state index in [1.807, 2.05) is 32.0 Å². The zero-order valence-corrected chi connectivity index (χ0v) is 13.3. The largest absolute Gasteiger partial charge is 0.363 e. The molecule has 112 valence electrons. The van der Waals surface area contributed by atoms with Gasteiger partial charge in [0.1, 0.15) is 23.0 Å². The van der Waals surface area contributed by atoms with Gasteiger partial charge in [-0.15, -0.1) is 10.2 Å². The fraction of sp³-hybridized carbons (Fsp3) is 0.538. The Morgan fingerprint density at radius 1 is 1.05 bits per heavy atom. The molecule has 0 bridgehead atoms. The predicted octanol–water partition coefficient (Wildman–Crippen LogP) is 1.03. The molecule has 1 aliphatic rings. The van der Waals surface area contributed by atoms with Gasteiger partial charge in [0.05, 0.1) is 0 Å². The number of hydrogen-bond acceptors (Lipinski definition) is 8. The molecule has 3 heterocycles. The van der Waals surface area contributed by atoms with E-state index in [1.54, 1.807) is 17.7 Å². The minimum Gasteiger partial charge on any atom is -0.363 e. The summed E-state index contributed by atoms with van der Waals surface area (Å²) in [7, 11) is 3.98. The van der Waals surface area contributed by atoms with E-state index in [9.17, 15) is 0 Å². The maximum absolute atomic E-state index is 4.39. The van der Waals surface area contributed by atoms with Crippen molar-refractivity contribution in [3.05, 3.63) is 17.4 Å². The highest BCUT2D eigenvalue weighted by atomic mass is 32.1. The van der Waals surface area contributed by atoms with E-state index in [1.165, 1.54) is 0 Å². The van der Waals surface area contributed by atoms with Crippen LogP contribution < -0.4 is 14.7 Å². The standard InChI is InChI=1S/C13H19N7S/c1-10-16-17-13(21-10)20-6-4-19(5-7-20)12-8-11(18(2)3)14-9-15-12/h8-9H,4-7H2,1-3H3. The average Bonchev–Trinajstić information content (AvgIpc) is 2.94. The smallest absolute Gasteiger partial charge is 0.208 e. The lowest BCUT2D eigenvalue weighted by Gasteiger charge is -2.35. The van der Waals surface area contributed by atoms with Crippen LogP contribution in [-0.2, 0) is 0 Å². The molecule has 2 aromatic rings. The first-order valence-corrected chi connectivity index (χ1v) is 7.74. The van der Waals surface area contributed by atoms with E-state index in [2.05, 4.69) is 30.0 Å². The van der Waals surface area contributed by atoms with Crippen LogP contribution in [0.4, 0.5) is 16.8 Å². The van der Waals surface area contributed by atoms with Gasteiger partial charge in [0.15, 0.2) is 0 Å². The first-order valence-electron chi connectivity index (χ1n) is 6.93. The Morgan fingerprint density at radius 2 is 1.76 bits per heavy atom. The van der Waals surface area contributed by atoms with Gasteiger partial charge in [-0.25, -0.2) is 9.97 Å². The lowest BCUT2D eigenvalue weighted by Crippen LogP contribution is -2.46. The first-order chi connectivity index (χ1) is 10.1. The number of piperazine rings is 1. The quantitative estimate of drug-likeness (QED) is 0.839. The number of rotatable bonds is 3. The fourth-order valence-corrected chi connectivity index (χ4v) is 3.03. The van der Waals surface area contributed by atoms with Crippen LogP contribution in [0.1, 0.15) is 5.01 Å². The molecule has 1 saturated heterocycles. The molecule has 0 amide bonds. The van der Waals surface area contributed by atoms with E-state index in [-0.39, 0.29) is 0 Å². The highest BCUT2D eigenvalue weighted by Crippen LogP contribution is 2.23. The number of nitrogens with zero attached hydrogens (tertiary/aromatic N) is 7. The topological polar surface area (TPSA) is 61.3 Å². The van der Waals surface area contributed by atoms with Gasteiger partial charge in [-0.2, -0.15) is 0 Å². The summed E-state index contributed by atoms with van der Waals surface area (Å²) in [5.74, 6) is 1.92. The van der Waals surface area contributed by atoms with Crippen molar-refractivity contribution in [3.8, 4) is 0 Å². The zero-order chi connectivity index (χ0) is 14.8. The van der Waals surface area contributed by atoms with E-state index >= 15 is 0 Å². The fourth-order valence-electron chi connectivity index (χ4n) is 2.30. The van der Waals surface area contributed by atoms with Crippen LogP contribution in [0.25, 0.3) is 0 Å². The van der Waals surface area contributed by atoms with Gasteiger partial charge in [0.25, 0.3) is 0 Å². The number of anilines is 3. The molecule has 1 aliphatic heterocycles. The van der Waals surface area contributed by atoms with Crippen LogP contribution in [-0.4, -0.2) is 60.4 Å². The Bertz CT molecular complexity index is 604. The Balaban J connectivity index is 1.67. The van der Waals surface area contributed by atoms with Gasteiger partial charge >= 0.3 is 0 Å². The van der Waals surface area contributed by atoms with Crippen LogP contribution in [0.3, 0.4) is 0 Å². The molecule has 0 aromatic carbocycles. The van der Waals surface area contributed by atoms with Crippen LogP contribution in [0.2, 0.25) is 0 Å². The van der Waals surface area contributed by atoms with Crippen molar-refractivity contribution in [2.24, 2.45) is 0 Å². The molecular weight excluding hydrogens is 286 g/mol. The van der Waals surface area contributed by atoms with Crippen molar-refractivity contribution < 1.29 is 0 Å². The first kappa shape index (κ1) is 14.0. The van der Waals surface area contributed by atoms with E-state index in [0.29, 0.717) is 0 Å². The minimum absolute atomic E-state index is 0.933. The summed E-state index contributed by atoms with van der Waals surface area (Å²) in [6, 6.07) is 2.03. The molecule has 7 nitrogen and oxygen atoms in total. The van der Waals surface area contributed by atoms with E-state index in [0.717, 1.165) is 48.0 Å². The highest BCUT2D eigenvalue weighted by Gasteiger charge is 2.21. The normalized spacial score (nSPS) is 15.4. The molecule has 0 unspecified atom stereocenters. The molecule has 0 spiro atoms. The molecule has 8 heteroatoms. The number of aromatic nitrogens is 4. The maximum atomic E-state index is 4.39. The third-order valence-corrected chi connectivity index (χ3v) is 4.39. The molecule has 0 N–H and O–H groups in total. The van der Waals surface area contributed by atoms with Gasteiger partial charge in [-0.05, 0) is 6.92 Å². The van der Waals surface area contributed by atoms with Gasteiger partial charge in [0.2, 0.25) is 5.13 Å². The van der Waals surface area contributed by atoms with Crippen LogP contribution >= 0.6 is 11.3 Å². The molecule has 2 aromatic heterocycles. The molecular formula is C13H19N7S.